The van der Waals surface area contributed by atoms with Crippen molar-refractivity contribution in [2.75, 3.05) is 12.4 Å². The fraction of sp³-hybridized carbons (Fsp3) is 0.217. The molecule has 1 atom stereocenters. The number of Topliss-reactive ketones (excluding diaryl/α,β-unsaturated/α-hetero) is 1. The van der Waals surface area contributed by atoms with Crippen molar-refractivity contribution in [3.05, 3.63) is 89.7 Å². The SMILES string of the molecule is COc1cccc2c1CCC([n+]1ccc(NCc3ccccc3)cc1)C2=O. The molecular formula is C23H23N2O2+. The van der Waals surface area contributed by atoms with Gasteiger partial charge in [0.15, 0.2) is 12.4 Å². The molecule has 1 aliphatic carbocycles. The Hall–Kier alpha value is -3.14. The van der Waals surface area contributed by atoms with Crippen molar-refractivity contribution in [1.82, 2.24) is 0 Å². The van der Waals surface area contributed by atoms with Crippen LogP contribution in [-0.4, -0.2) is 12.9 Å². The molecule has 1 aromatic heterocycles. The van der Waals surface area contributed by atoms with Crippen molar-refractivity contribution >= 4 is 11.5 Å². The maximum Gasteiger partial charge on any atom is 0.231 e. The van der Waals surface area contributed by atoms with Gasteiger partial charge in [0.1, 0.15) is 5.75 Å². The molecule has 0 radical (unpaired) electrons. The zero-order valence-electron chi connectivity index (χ0n) is 15.4. The number of carbonyl (C=O) groups excluding carboxylic acids is 1. The van der Waals surface area contributed by atoms with E-state index in [0.717, 1.165) is 42.0 Å². The molecule has 3 aromatic rings. The Labute approximate surface area is 159 Å². The van der Waals surface area contributed by atoms with Crippen LogP contribution in [0, 0.1) is 0 Å². The van der Waals surface area contributed by atoms with Gasteiger partial charge in [0.2, 0.25) is 11.8 Å². The minimum atomic E-state index is -0.159. The lowest BCUT2D eigenvalue weighted by Gasteiger charge is -2.21. The largest absolute Gasteiger partial charge is 0.496 e. The molecule has 136 valence electrons. The van der Waals surface area contributed by atoms with Gasteiger partial charge in [0.05, 0.1) is 7.11 Å². The average Bonchev–Trinajstić information content (AvgIpc) is 2.73. The number of rotatable bonds is 5. The summed E-state index contributed by atoms with van der Waals surface area (Å²) in [5, 5.41) is 3.42. The Balaban J connectivity index is 1.48. The summed E-state index contributed by atoms with van der Waals surface area (Å²) in [6.07, 6.45) is 5.60. The topological polar surface area (TPSA) is 42.2 Å². The van der Waals surface area contributed by atoms with Crippen LogP contribution in [0.4, 0.5) is 5.69 Å². The molecule has 2 aromatic carbocycles. The molecule has 27 heavy (non-hydrogen) atoms. The molecule has 0 saturated carbocycles. The lowest BCUT2D eigenvalue weighted by atomic mass is 9.86. The quantitative estimate of drug-likeness (QED) is 0.701. The summed E-state index contributed by atoms with van der Waals surface area (Å²) >= 11 is 0. The van der Waals surface area contributed by atoms with Crippen LogP contribution < -0.4 is 14.6 Å². The number of ketones is 1. The third-order valence-electron chi connectivity index (χ3n) is 5.14. The van der Waals surface area contributed by atoms with Crippen LogP contribution in [0.2, 0.25) is 0 Å². The van der Waals surface area contributed by atoms with Crippen molar-refractivity contribution in [2.45, 2.75) is 25.4 Å². The number of nitrogens with one attached hydrogen (secondary N) is 1. The van der Waals surface area contributed by atoms with Crippen LogP contribution >= 0.6 is 0 Å². The van der Waals surface area contributed by atoms with Crippen LogP contribution in [0.25, 0.3) is 0 Å². The van der Waals surface area contributed by atoms with Gasteiger partial charge < -0.3 is 10.1 Å². The van der Waals surface area contributed by atoms with Crippen molar-refractivity contribution in [1.29, 1.82) is 0 Å². The zero-order valence-corrected chi connectivity index (χ0v) is 15.4. The molecule has 4 nitrogen and oxygen atoms in total. The number of methoxy groups -OCH3 is 1. The van der Waals surface area contributed by atoms with Crippen molar-refractivity contribution < 1.29 is 14.1 Å². The monoisotopic (exact) mass is 359 g/mol. The van der Waals surface area contributed by atoms with E-state index in [1.54, 1.807) is 7.11 Å². The van der Waals surface area contributed by atoms with Crippen molar-refractivity contribution in [3.8, 4) is 5.75 Å². The molecule has 0 spiro atoms. The molecule has 0 amide bonds. The molecule has 0 saturated heterocycles. The summed E-state index contributed by atoms with van der Waals surface area (Å²) in [4.78, 5) is 13.0. The molecule has 4 heteroatoms. The molecule has 4 rings (SSSR count). The third-order valence-corrected chi connectivity index (χ3v) is 5.14. The first kappa shape index (κ1) is 17.3. The number of hydrogen-bond acceptors (Lipinski definition) is 3. The van der Waals surface area contributed by atoms with Gasteiger partial charge in [0.25, 0.3) is 0 Å². The number of carbonyl (C=O) groups is 1. The van der Waals surface area contributed by atoms with Crippen LogP contribution in [-0.2, 0) is 13.0 Å². The second-order valence-corrected chi connectivity index (χ2v) is 6.78. The summed E-state index contributed by atoms with van der Waals surface area (Å²) in [6, 6.07) is 19.9. The Bertz CT molecular complexity index is 936. The minimum absolute atomic E-state index is 0.158. The maximum absolute atomic E-state index is 13.0. The molecule has 1 N–H and O–H groups in total. The van der Waals surface area contributed by atoms with Gasteiger partial charge in [-0.25, -0.2) is 0 Å². The van der Waals surface area contributed by atoms with E-state index in [-0.39, 0.29) is 11.8 Å². The highest BCUT2D eigenvalue weighted by atomic mass is 16.5. The van der Waals surface area contributed by atoms with Crippen LogP contribution in [0.5, 0.6) is 5.75 Å². The molecule has 1 heterocycles. The molecular weight excluding hydrogens is 336 g/mol. The van der Waals surface area contributed by atoms with E-state index in [4.69, 9.17) is 4.74 Å². The van der Waals surface area contributed by atoms with E-state index in [0.29, 0.717) is 0 Å². The smallest absolute Gasteiger partial charge is 0.231 e. The predicted molar refractivity (Wildman–Crippen MR) is 105 cm³/mol. The first-order valence-electron chi connectivity index (χ1n) is 9.25. The van der Waals surface area contributed by atoms with Crippen LogP contribution in [0.15, 0.2) is 73.1 Å². The summed E-state index contributed by atoms with van der Waals surface area (Å²) in [5.74, 6) is 0.968. The van der Waals surface area contributed by atoms with Crippen LogP contribution in [0.1, 0.15) is 33.9 Å². The number of nitrogens with zero attached hydrogens (tertiary/aromatic N) is 1. The normalized spacial score (nSPS) is 15.9. The molecule has 0 fully saturated rings. The number of aromatic nitrogens is 1. The molecule has 0 bridgehead atoms. The summed E-state index contributed by atoms with van der Waals surface area (Å²) < 4.78 is 7.43. The first-order chi connectivity index (χ1) is 13.3. The van der Waals surface area contributed by atoms with Gasteiger partial charge in [-0.3, -0.25) is 4.79 Å². The van der Waals surface area contributed by atoms with E-state index >= 15 is 0 Å². The van der Waals surface area contributed by atoms with E-state index < -0.39 is 0 Å². The van der Waals surface area contributed by atoms with Gasteiger partial charge in [-0.1, -0.05) is 42.5 Å². The predicted octanol–water partition coefficient (Wildman–Crippen LogP) is 3.97. The number of ether oxygens (including phenoxy) is 1. The van der Waals surface area contributed by atoms with Crippen molar-refractivity contribution in [3.63, 3.8) is 0 Å². The van der Waals surface area contributed by atoms with Gasteiger partial charge in [0, 0.05) is 41.9 Å². The summed E-state index contributed by atoms with van der Waals surface area (Å²) in [7, 11) is 1.65. The van der Waals surface area contributed by atoms with Gasteiger partial charge in [-0.05, 0) is 18.1 Å². The molecule has 0 aliphatic heterocycles. The second-order valence-electron chi connectivity index (χ2n) is 6.78. The third kappa shape index (κ3) is 3.56. The number of fused-ring (bicyclic) bond motifs is 1. The number of anilines is 1. The van der Waals surface area contributed by atoms with Gasteiger partial charge in [-0.15, -0.1) is 0 Å². The maximum atomic E-state index is 13.0. The standard InChI is InChI=1S/C23H22N2O2/c1-27-22-9-5-8-20-19(22)10-11-21(23(20)26)25-14-12-18(13-15-25)24-16-17-6-3-2-4-7-17/h2-9,12-15,21H,10-11,16H2,1H3/p+1. The molecule has 1 unspecified atom stereocenters. The highest BCUT2D eigenvalue weighted by molar-refractivity contribution is 6.00. The highest BCUT2D eigenvalue weighted by Gasteiger charge is 2.35. The summed E-state index contributed by atoms with van der Waals surface area (Å²) in [5.41, 5.74) is 4.09. The fourth-order valence-corrected chi connectivity index (χ4v) is 3.69. The lowest BCUT2D eigenvalue weighted by molar-refractivity contribution is -0.708. The first-order valence-corrected chi connectivity index (χ1v) is 9.25. The lowest BCUT2D eigenvalue weighted by Crippen LogP contribution is -2.45. The fourth-order valence-electron chi connectivity index (χ4n) is 3.69. The van der Waals surface area contributed by atoms with Gasteiger partial charge >= 0.3 is 0 Å². The zero-order chi connectivity index (χ0) is 18.6. The number of pyridine rings is 1. The van der Waals surface area contributed by atoms with E-state index in [2.05, 4.69) is 17.4 Å². The Morgan fingerprint density at radius 2 is 1.81 bits per heavy atom. The Morgan fingerprint density at radius 3 is 2.56 bits per heavy atom. The highest BCUT2D eigenvalue weighted by Crippen LogP contribution is 2.32. The van der Waals surface area contributed by atoms with E-state index in [1.165, 1.54) is 5.56 Å². The second kappa shape index (κ2) is 7.62. The molecule has 1 aliphatic rings. The number of benzene rings is 2. The van der Waals surface area contributed by atoms with E-state index in [9.17, 15) is 4.79 Å². The van der Waals surface area contributed by atoms with Crippen molar-refractivity contribution in [2.24, 2.45) is 0 Å². The van der Waals surface area contributed by atoms with Gasteiger partial charge in [-0.2, -0.15) is 4.57 Å². The van der Waals surface area contributed by atoms with Crippen LogP contribution in [0.3, 0.4) is 0 Å². The minimum Gasteiger partial charge on any atom is -0.496 e. The Kier molecular flexibility index (Phi) is 4.88. The number of hydrogen-bond donors (Lipinski definition) is 1. The van der Waals surface area contributed by atoms with E-state index in [1.807, 2.05) is 65.5 Å². The summed E-state index contributed by atoms with van der Waals surface area (Å²) in [6.45, 7) is 0.778. The Morgan fingerprint density at radius 1 is 1.04 bits per heavy atom. The average molecular weight is 359 g/mol.